The van der Waals surface area contributed by atoms with Crippen molar-refractivity contribution in [2.75, 3.05) is 5.32 Å². The zero-order chi connectivity index (χ0) is 16.9. The van der Waals surface area contributed by atoms with Gasteiger partial charge in [-0.05, 0) is 24.3 Å². The SMILES string of the molecule is O=C(NCc1ccco1)c1cnc(Nc2cccc(Cl)c2Cl)cn1. The molecule has 0 fully saturated rings. The molecule has 3 aromatic rings. The van der Waals surface area contributed by atoms with E-state index in [2.05, 4.69) is 20.6 Å². The average molecular weight is 363 g/mol. The molecule has 2 heterocycles. The van der Waals surface area contributed by atoms with Crippen LogP contribution in [0.25, 0.3) is 0 Å². The summed E-state index contributed by atoms with van der Waals surface area (Å²) >= 11 is 12.1. The Morgan fingerprint density at radius 3 is 2.71 bits per heavy atom. The number of halogens is 2. The van der Waals surface area contributed by atoms with Crippen LogP contribution in [0.3, 0.4) is 0 Å². The number of amides is 1. The molecule has 0 saturated carbocycles. The van der Waals surface area contributed by atoms with Crippen molar-refractivity contribution >= 4 is 40.6 Å². The van der Waals surface area contributed by atoms with Gasteiger partial charge in [-0.2, -0.15) is 0 Å². The topological polar surface area (TPSA) is 80.0 Å². The third-order valence-corrected chi connectivity index (χ3v) is 3.92. The van der Waals surface area contributed by atoms with E-state index >= 15 is 0 Å². The highest BCUT2D eigenvalue weighted by Crippen LogP contribution is 2.31. The lowest BCUT2D eigenvalue weighted by molar-refractivity contribution is 0.0942. The van der Waals surface area contributed by atoms with Crippen LogP contribution < -0.4 is 10.6 Å². The van der Waals surface area contributed by atoms with Gasteiger partial charge in [-0.3, -0.25) is 4.79 Å². The van der Waals surface area contributed by atoms with Gasteiger partial charge in [0.25, 0.3) is 5.91 Å². The summed E-state index contributed by atoms with van der Waals surface area (Å²) in [6.07, 6.45) is 4.36. The van der Waals surface area contributed by atoms with Crippen molar-refractivity contribution in [3.05, 3.63) is 70.5 Å². The number of anilines is 2. The van der Waals surface area contributed by atoms with Crippen molar-refractivity contribution in [1.29, 1.82) is 0 Å². The summed E-state index contributed by atoms with van der Waals surface area (Å²) in [5, 5.41) is 6.51. The second-order valence-electron chi connectivity index (χ2n) is 4.78. The van der Waals surface area contributed by atoms with Gasteiger partial charge < -0.3 is 15.1 Å². The van der Waals surface area contributed by atoms with Crippen LogP contribution in [0.1, 0.15) is 16.2 Å². The molecule has 0 saturated heterocycles. The van der Waals surface area contributed by atoms with E-state index in [1.165, 1.54) is 12.4 Å². The Bertz CT molecular complexity index is 836. The van der Waals surface area contributed by atoms with E-state index in [0.29, 0.717) is 27.3 Å². The number of nitrogens with one attached hydrogen (secondary N) is 2. The van der Waals surface area contributed by atoms with E-state index in [0.717, 1.165) is 0 Å². The average Bonchev–Trinajstić information content (AvgIpc) is 3.11. The molecule has 1 aromatic carbocycles. The molecule has 0 bridgehead atoms. The first-order chi connectivity index (χ1) is 11.6. The van der Waals surface area contributed by atoms with E-state index in [-0.39, 0.29) is 18.1 Å². The lowest BCUT2D eigenvalue weighted by Crippen LogP contribution is -2.23. The predicted octanol–water partition coefficient (Wildman–Crippen LogP) is 4.05. The fourth-order valence-electron chi connectivity index (χ4n) is 1.92. The van der Waals surface area contributed by atoms with Crippen molar-refractivity contribution in [1.82, 2.24) is 15.3 Å². The van der Waals surface area contributed by atoms with Gasteiger partial charge in [0.05, 0.1) is 40.9 Å². The van der Waals surface area contributed by atoms with Crippen LogP contribution in [-0.4, -0.2) is 15.9 Å². The number of carbonyl (C=O) groups excluding carboxylic acids is 1. The van der Waals surface area contributed by atoms with E-state index in [9.17, 15) is 4.79 Å². The lowest BCUT2D eigenvalue weighted by Gasteiger charge is -2.08. The second kappa shape index (κ2) is 7.33. The molecule has 0 radical (unpaired) electrons. The van der Waals surface area contributed by atoms with Crippen molar-refractivity contribution in [3.8, 4) is 0 Å². The van der Waals surface area contributed by atoms with Gasteiger partial charge in [-0.15, -0.1) is 0 Å². The van der Waals surface area contributed by atoms with Gasteiger partial charge in [0.1, 0.15) is 17.3 Å². The standard InChI is InChI=1S/C16H12Cl2N4O2/c17-11-4-1-5-12(15(11)18)22-14-9-19-13(8-20-14)16(23)21-7-10-3-2-6-24-10/h1-6,8-9H,7H2,(H,20,22)(H,21,23). The normalized spacial score (nSPS) is 10.4. The fraction of sp³-hybridized carbons (Fsp3) is 0.0625. The summed E-state index contributed by atoms with van der Waals surface area (Å²) in [7, 11) is 0. The van der Waals surface area contributed by atoms with Gasteiger partial charge in [0.15, 0.2) is 0 Å². The summed E-state index contributed by atoms with van der Waals surface area (Å²) in [6.45, 7) is 0.283. The summed E-state index contributed by atoms with van der Waals surface area (Å²) < 4.78 is 5.14. The monoisotopic (exact) mass is 362 g/mol. The van der Waals surface area contributed by atoms with Gasteiger partial charge >= 0.3 is 0 Å². The van der Waals surface area contributed by atoms with Crippen molar-refractivity contribution in [2.45, 2.75) is 6.54 Å². The first kappa shape index (κ1) is 16.3. The Labute approximate surface area is 147 Å². The van der Waals surface area contributed by atoms with Gasteiger partial charge in [-0.1, -0.05) is 29.3 Å². The van der Waals surface area contributed by atoms with Gasteiger partial charge in [0, 0.05) is 0 Å². The molecule has 8 heteroatoms. The van der Waals surface area contributed by atoms with Crippen LogP contribution in [0, 0.1) is 0 Å². The number of furan rings is 1. The third-order valence-electron chi connectivity index (χ3n) is 3.10. The molecule has 6 nitrogen and oxygen atoms in total. The second-order valence-corrected chi connectivity index (χ2v) is 5.56. The Morgan fingerprint density at radius 2 is 2.00 bits per heavy atom. The largest absolute Gasteiger partial charge is 0.467 e. The molecule has 0 unspecified atom stereocenters. The van der Waals surface area contributed by atoms with Crippen LogP contribution >= 0.6 is 23.2 Å². The first-order valence-electron chi connectivity index (χ1n) is 6.97. The molecule has 0 atom stereocenters. The maximum absolute atomic E-state index is 12.0. The minimum atomic E-state index is -0.341. The quantitative estimate of drug-likeness (QED) is 0.715. The number of benzene rings is 1. The summed E-state index contributed by atoms with van der Waals surface area (Å²) in [4.78, 5) is 20.2. The van der Waals surface area contributed by atoms with E-state index < -0.39 is 0 Å². The summed E-state index contributed by atoms with van der Waals surface area (Å²) in [5.74, 6) is 0.762. The zero-order valence-electron chi connectivity index (χ0n) is 12.3. The van der Waals surface area contributed by atoms with E-state index in [1.54, 1.807) is 36.6 Å². The minimum Gasteiger partial charge on any atom is -0.467 e. The smallest absolute Gasteiger partial charge is 0.271 e. The van der Waals surface area contributed by atoms with Crippen LogP contribution in [0.4, 0.5) is 11.5 Å². The molecular weight excluding hydrogens is 351 g/mol. The van der Waals surface area contributed by atoms with Gasteiger partial charge in [-0.25, -0.2) is 9.97 Å². The highest BCUT2D eigenvalue weighted by molar-refractivity contribution is 6.43. The van der Waals surface area contributed by atoms with Crippen LogP contribution in [-0.2, 0) is 6.54 Å². The Balaban J connectivity index is 1.64. The molecule has 0 aliphatic carbocycles. The van der Waals surface area contributed by atoms with Crippen LogP contribution in [0.15, 0.2) is 53.4 Å². The van der Waals surface area contributed by atoms with Crippen LogP contribution in [0.5, 0.6) is 0 Å². The summed E-state index contributed by atoms with van der Waals surface area (Å²) in [6, 6.07) is 8.74. The lowest BCUT2D eigenvalue weighted by atomic mass is 10.3. The first-order valence-corrected chi connectivity index (χ1v) is 7.73. The Hall–Kier alpha value is -2.57. The predicted molar refractivity (Wildman–Crippen MR) is 91.7 cm³/mol. The number of aromatic nitrogens is 2. The highest BCUT2D eigenvalue weighted by Gasteiger charge is 2.10. The molecule has 1 amide bonds. The molecule has 122 valence electrons. The van der Waals surface area contributed by atoms with Crippen molar-refractivity contribution < 1.29 is 9.21 Å². The van der Waals surface area contributed by atoms with E-state index in [4.69, 9.17) is 27.6 Å². The number of hydrogen-bond donors (Lipinski definition) is 2. The minimum absolute atomic E-state index is 0.198. The Morgan fingerprint density at radius 1 is 1.12 bits per heavy atom. The molecule has 3 rings (SSSR count). The molecule has 2 aromatic heterocycles. The molecule has 0 aliphatic heterocycles. The number of nitrogens with zero attached hydrogens (tertiary/aromatic N) is 2. The molecule has 0 spiro atoms. The maximum atomic E-state index is 12.0. The fourth-order valence-corrected chi connectivity index (χ4v) is 2.27. The molecule has 24 heavy (non-hydrogen) atoms. The van der Waals surface area contributed by atoms with Crippen molar-refractivity contribution in [3.63, 3.8) is 0 Å². The highest BCUT2D eigenvalue weighted by atomic mass is 35.5. The van der Waals surface area contributed by atoms with Crippen LogP contribution in [0.2, 0.25) is 10.0 Å². The molecule has 0 aliphatic rings. The van der Waals surface area contributed by atoms with Crippen molar-refractivity contribution in [2.24, 2.45) is 0 Å². The van der Waals surface area contributed by atoms with Gasteiger partial charge in [0.2, 0.25) is 0 Å². The molecular formula is C16H12Cl2N4O2. The Kier molecular flexibility index (Phi) is 4.98. The van der Waals surface area contributed by atoms with E-state index in [1.807, 2.05) is 0 Å². The third kappa shape index (κ3) is 3.84. The number of carbonyl (C=O) groups is 1. The summed E-state index contributed by atoms with van der Waals surface area (Å²) in [5.41, 5.74) is 0.804. The molecule has 2 N–H and O–H groups in total. The zero-order valence-corrected chi connectivity index (χ0v) is 13.8. The maximum Gasteiger partial charge on any atom is 0.271 e. The number of hydrogen-bond acceptors (Lipinski definition) is 5. The number of rotatable bonds is 5.